The summed E-state index contributed by atoms with van der Waals surface area (Å²) in [5.41, 5.74) is -0.253. The summed E-state index contributed by atoms with van der Waals surface area (Å²) in [6, 6.07) is -1.08. The van der Waals surface area contributed by atoms with Gasteiger partial charge in [-0.2, -0.15) is 0 Å². The molecule has 1 rings (SSSR count). The first kappa shape index (κ1) is 7.46. The summed E-state index contributed by atoms with van der Waals surface area (Å²) in [7, 11) is 0. The largest absolute Gasteiger partial charge is 0.289 e. The van der Waals surface area contributed by atoms with Crippen LogP contribution >= 0.6 is 0 Å². The number of allylic oxidation sites excluding steroid dienone is 2. The summed E-state index contributed by atoms with van der Waals surface area (Å²) in [6.07, 6.45) is 3.96. The van der Waals surface area contributed by atoms with Gasteiger partial charge in [0, 0.05) is 0 Å². The number of rotatable bonds is 2. The van der Waals surface area contributed by atoms with Crippen LogP contribution < -0.4 is 0 Å². The summed E-state index contributed by atoms with van der Waals surface area (Å²) < 4.78 is 0. The van der Waals surface area contributed by atoms with E-state index in [2.05, 4.69) is 10.4 Å². The summed E-state index contributed by atoms with van der Waals surface area (Å²) in [5, 5.41) is 4.94. The number of carbonyl (C=O) groups is 1. The Kier molecular flexibility index (Phi) is 2.00. The second-order valence-corrected chi connectivity index (χ2v) is 1.94. The first-order chi connectivity index (χ1) is 5.29. The third-order valence-corrected chi connectivity index (χ3v) is 1.28. The highest BCUT2D eigenvalue weighted by atomic mass is 16.3. The molecule has 1 atom stereocenters. The maximum atomic E-state index is 10.9. The lowest BCUT2D eigenvalue weighted by molar-refractivity contribution is -0.115. The van der Waals surface area contributed by atoms with Crippen molar-refractivity contribution in [3.05, 3.63) is 33.7 Å². The van der Waals surface area contributed by atoms with E-state index in [1.165, 1.54) is 18.2 Å². The van der Waals surface area contributed by atoms with Gasteiger partial charge in [-0.3, -0.25) is 4.79 Å². The Labute approximate surface area is 61.7 Å². The zero-order valence-corrected chi connectivity index (χ0v) is 5.43. The van der Waals surface area contributed by atoms with E-state index in [1.807, 2.05) is 0 Å². The van der Waals surface area contributed by atoms with Gasteiger partial charge in [0.2, 0.25) is 5.78 Å². The van der Waals surface area contributed by atoms with Gasteiger partial charge < -0.3 is 0 Å². The first-order valence-corrected chi connectivity index (χ1v) is 2.88. The minimum Gasteiger partial charge on any atom is -0.289 e. The van der Waals surface area contributed by atoms with Crippen LogP contribution in [0.1, 0.15) is 0 Å². The van der Waals surface area contributed by atoms with Gasteiger partial charge in [-0.15, -0.1) is 9.81 Å². The van der Waals surface area contributed by atoms with Crippen molar-refractivity contribution < 1.29 is 4.79 Å². The molecule has 0 saturated heterocycles. The molecule has 0 saturated carbocycles. The van der Waals surface area contributed by atoms with Crippen molar-refractivity contribution in [2.75, 3.05) is 0 Å². The van der Waals surface area contributed by atoms with E-state index < -0.39 is 11.8 Å². The summed E-state index contributed by atoms with van der Waals surface area (Å²) in [4.78, 5) is 30.7. The number of Topliss-reactive ketones (excluding diaryl/α,β-unsaturated/α-hetero) is 1. The van der Waals surface area contributed by atoms with Crippen LogP contribution in [0.4, 0.5) is 0 Å². The molecule has 5 heteroatoms. The van der Waals surface area contributed by atoms with Crippen LogP contribution in [0, 0.1) is 9.81 Å². The van der Waals surface area contributed by atoms with E-state index in [0.717, 1.165) is 0 Å². The topological polar surface area (TPSA) is 75.9 Å². The standard InChI is InChI=1S/C6H4N2O3/c9-6-4(7-10)2-1-3-5(6)8-11/h1-4H. The number of ketones is 1. The quantitative estimate of drug-likeness (QED) is 0.552. The minimum absolute atomic E-state index is 0.253. The Morgan fingerprint density at radius 2 is 2.09 bits per heavy atom. The van der Waals surface area contributed by atoms with Crippen LogP contribution in [0.5, 0.6) is 0 Å². The van der Waals surface area contributed by atoms with Crippen molar-refractivity contribution in [2.24, 2.45) is 10.4 Å². The third-order valence-electron chi connectivity index (χ3n) is 1.28. The zero-order chi connectivity index (χ0) is 8.27. The number of nitroso groups, excluding NO2 is 2. The predicted molar refractivity (Wildman–Crippen MR) is 37.6 cm³/mol. The van der Waals surface area contributed by atoms with Crippen molar-refractivity contribution in [2.45, 2.75) is 6.04 Å². The molecule has 0 fully saturated rings. The molecule has 0 radical (unpaired) electrons. The van der Waals surface area contributed by atoms with Crippen molar-refractivity contribution >= 4 is 5.78 Å². The lowest BCUT2D eigenvalue weighted by atomic mass is 10.1. The van der Waals surface area contributed by atoms with Gasteiger partial charge in [-0.1, -0.05) is 11.3 Å². The van der Waals surface area contributed by atoms with Crippen LogP contribution in [-0.4, -0.2) is 11.8 Å². The molecule has 5 nitrogen and oxygen atoms in total. The highest BCUT2D eigenvalue weighted by Crippen LogP contribution is 2.11. The molecule has 0 bridgehead atoms. The Morgan fingerprint density at radius 1 is 1.36 bits per heavy atom. The Hall–Kier alpha value is -1.65. The van der Waals surface area contributed by atoms with Gasteiger partial charge in [0.1, 0.15) is 0 Å². The van der Waals surface area contributed by atoms with Crippen LogP contribution in [0.25, 0.3) is 0 Å². The molecule has 0 heterocycles. The van der Waals surface area contributed by atoms with Crippen LogP contribution in [0.15, 0.2) is 34.3 Å². The maximum absolute atomic E-state index is 10.9. The fraction of sp³-hybridized carbons (Fsp3) is 0.167. The molecule has 0 aromatic carbocycles. The minimum atomic E-state index is -1.08. The molecular formula is C6H4N2O3. The van der Waals surface area contributed by atoms with Crippen LogP contribution in [0.2, 0.25) is 0 Å². The Bertz CT molecular complexity index is 267. The zero-order valence-electron chi connectivity index (χ0n) is 5.43. The molecule has 1 aliphatic rings. The predicted octanol–water partition coefficient (Wildman–Crippen LogP) is 0.911. The molecule has 56 valence electrons. The molecular weight excluding hydrogens is 148 g/mol. The van der Waals surface area contributed by atoms with Gasteiger partial charge >= 0.3 is 0 Å². The van der Waals surface area contributed by atoms with Crippen molar-refractivity contribution in [1.82, 2.24) is 0 Å². The molecule has 0 aromatic rings. The van der Waals surface area contributed by atoms with E-state index in [4.69, 9.17) is 0 Å². The lowest BCUT2D eigenvalue weighted by Gasteiger charge is -2.03. The van der Waals surface area contributed by atoms with E-state index in [-0.39, 0.29) is 5.70 Å². The smallest absolute Gasteiger partial charge is 0.216 e. The van der Waals surface area contributed by atoms with E-state index in [9.17, 15) is 14.6 Å². The molecule has 0 spiro atoms. The lowest BCUT2D eigenvalue weighted by Crippen LogP contribution is -2.18. The molecule has 0 aliphatic heterocycles. The second kappa shape index (κ2) is 2.96. The fourth-order valence-corrected chi connectivity index (χ4v) is 0.731. The van der Waals surface area contributed by atoms with Crippen molar-refractivity contribution in [3.8, 4) is 0 Å². The maximum Gasteiger partial charge on any atom is 0.216 e. The summed E-state index contributed by atoms with van der Waals surface area (Å²) in [5.74, 6) is -0.641. The molecule has 1 unspecified atom stereocenters. The first-order valence-electron chi connectivity index (χ1n) is 2.88. The highest BCUT2D eigenvalue weighted by Gasteiger charge is 2.23. The van der Waals surface area contributed by atoms with Crippen LogP contribution in [-0.2, 0) is 4.79 Å². The van der Waals surface area contributed by atoms with Crippen molar-refractivity contribution in [3.63, 3.8) is 0 Å². The Balaban J connectivity index is 2.93. The van der Waals surface area contributed by atoms with E-state index in [1.54, 1.807) is 0 Å². The van der Waals surface area contributed by atoms with Gasteiger partial charge in [0.15, 0.2) is 11.7 Å². The molecule has 0 amide bonds. The average molecular weight is 152 g/mol. The summed E-state index contributed by atoms with van der Waals surface area (Å²) >= 11 is 0. The molecule has 11 heavy (non-hydrogen) atoms. The Morgan fingerprint density at radius 3 is 2.64 bits per heavy atom. The van der Waals surface area contributed by atoms with Gasteiger partial charge in [0.05, 0.1) is 0 Å². The SMILES string of the molecule is O=NC1=CC=CC(N=O)C1=O. The highest BCUT2D eigenvalue weighted by molar-refractivity contribution is 6.01. The third kappa shape index (κ3) is 1.26. The van der Waals surface area contributed by atoms with E-state index >= 15 is 0 Å². The number of carbonyl (C=O) groups excluding carboxylic acids is 1. The number of nitrogens with zero attached hydrogens (tertiary/aromatic N) is 2. The fourth-order valence-electron chi connectivity index (χ4n) is 0.731. The average Bonchev–Trinajstić information content (AvgIpc) is 2.05. The van der Waals surface area contributed by atoms with Gasteiger partial charge in [-0.05, 0) is 17.3 Å². The molecule has 0 N–H and O–H groups in total. The number of hydrogen-bond donors (Lipinski definition) is 0. The monoisotopic (exact) mass is 152 g/mol. The molecule has 1 aliphatic carbocycles. The van der Waals surface area contributed by atoms with Crippen LogP contribution in [0.3, 0.4) is 0 Å². The van der Waals surface area contributed by atoms with Gasteiger partial charge in [-0.25, -0.2) is 0 Å². The summed E-state index contributed by atoms with van der Waals surface area (Å²) in [6.45, 7) is 0. The van der Waals surface area contributed by atoms with Crippen molar-refractivity contribution in [1.29, 1.82) is 0 Å². The molecule has 0 aromatic heterocycles. The second-order valence-electron chi connectivity index (χ2n) is 1.94. The number of hydrogen-bond acceptors (Lipinski definition) is 5. The van der Waals surface area contributed by atoms with Gasteiger partial charge in [0.25, 0.3) is 0 Å². The normalized spacial score (nSPS) is 22.7. The van der Waals surface area contributed by atoms with E-state index in [0.29, 0.717) is 0 Å².